The molecule has 0 radical (unpaired) electrons. The van der Waals surface area contributed by atoms with E-state index in [4.69, 9.17) is 19.4 Å². The largest absolute Gasteiger partial charge is 0.456 e. The predicted octanol–water partition coefficient (Wildman–Crippen LogP) is 12.2. The van der Waals surface area contributed by atoms with E-state index in [1.165, 1.54) is 42.0 Å². The van der Waals surface area contributed by atoms with Crippen LogP contribution in [0.4, 0.5) is 0 Å². The predicted molar refractivity (Wildman–Crippen MR) is 211 cm³/mol. The van der Waals surface area contributed by atoms with E-state index in [0.717, 1.165) is 44.3 Å². The zero-order valence-electron chi connectivity index (χ0n) is 27.1. The maximum absolute atomic E-state index is 6.58. The molecular weight excluding hydrogens is 645 g/mol. The highest BCUT2D eigenvalue weighted by molar-refractivity contribution is 7.25. The minimum atomic E-state index is 0.607. The molecule has 0 saturated heterocycles. The SMILES string of the molecule is c1ccc(-c2nc(-c3ccccc3)nc(-c3ccc4c(c3)oc3cc5c(cc34)sc3cc(-n4c6ccccc6c6ccccc64)ccc35)n2)cc1. The van der Waals surface area contributed by atoms with Crippen LogP contribution in [0.5, 0.6) is 0 Å². The van der Waals surface area contributed by atoms with Crippen LogP contribution in [-0.2, 0) is 0 Å². The molecule has 5 nitrogen and oxygen atoms in total. The number of hydrogen-bond donors (Lipinski definition) is 0. The molecule has 4 heterocycles. The number of aromatic nitrogens is 4. The minimum Gasteiger partial charge on any atom is -0.456 e. The van der Waals surface area contributed by atoms with Crippen LogP contribution in [0.15, 0.2) is 162 Å². The van der Waals surface area contributed by atoms with E-state index < -0.39 is 0 Å². The molecule has 0 spiro atoms. The molecule has 11 rings (SSSR count). The second-order valence-corrected chi connectivity index (χ2v) is 13.9. The number of fused-ring (bicyclic) bond motifs is 9. The number of nitrogens with zero attached hydrogens (tertiary/aromatic N) is 4. The Morgan fingerprint density at radius 2 is 0.941 bits per heavy atom. The lowest BCUT2D eigenvalue weighted by Gasteiger charge is -2.08. The Morgan fingerprint density at radius 3 is 1.61 bits per heavy atom. The van der Waals surface area contributed by atoms with Crippen molar-refractivity contribution >= 4 is 75.3 Å². The number of para-hydroxylation sites is 2. The number of furan rings is 1. The summed E-state index contributed by atoms with van der Waals surface area (Å²) >= 11 is 1.83. The lowest BCUT2D eigenvalue weighted by molar-refractivity contribution is 0.669. The number of benzene rings is 7. The molecular formula is C45H26N4OS. The fourth-order valence-electron chi connectivity index (χ4n) is 7.45. The lowest BCUT2D eigenvalue weighted by Crippen LogP contribution is -2.00. The van der Waals surface area contributed by atoms with E-state index in [1.54, 1.807) is 0 Å². The molecule has 51 heavy (non-hydrogen) atoms. The summed E-state index contributed by atoms with van der Waals surface area (Å²) in [5, 5.41) is 7.14. The van der Waals surface area contributed by atoms with Crippen molar-refractivity contribution in [3.8, 4) is 39.9 Å². The monoisotopic (exact) mass is 670 g/mol. The summed E-state index contributed by atoms with van der Waals surface area (Å²) in [5.74, 6) is 1.88. The second kappa shape index (κ2) is 10.9. The average molecular weight is 671 g/mol. The van der Waals surface area contributed by atoms with Crippen molar-refractivity contribution in [1.29, 1.82) is 0 Å². The van der Waals surface area contributed by atoms with Crippen LogP contribution in [-0.4, -0.2) is 19.5 Å². The molecule has 0 saturated carbocycles. The molecule has 0 aliphatic heterocycles. The van der Waals surface area contributed by atoms with Gasteiger partial charge in [0.2, 0.25) is 0 Å². The zero-order chi connectivity index (χ0) is 33.5. The van der Waals surface area contributed by atoms with Crippen molar-refractivity contribution in [3.05, 3.63) is 158 Å². The smallest absolute Gasteiger partial charge is 0.164 e. The first-order valence-electron chi connectivity index (χ1n) is 16.9. The molecule has 7 aromatic carbocycles. The molecule has 0 amide bonds. The van der Waals surface area contributed by atoms with Gasteiger partial charge in [0.25, 0.3) is 0 Å². The van der Waals surface area contributed by atoms with Crippen molar-refractivity contribution in [1.82, 2.24) is 19.5 Å². The van der Waals surface area contributed by atoms with Gasteiger partial charge in [-0.3, -0.25) is 0 Å². The van der Waals surface area contributed by atoms with E-state index in [1.807, 2.05) is 72.0 Å². The summed E-state index contributed by atoms with van der Waals surface area (Å²) < 4.78 is 11.4. The molecule has 4 aromatic heterocycles. The normalized spacial score (nSPS) is 11.9. The Morgan fingerprint density at radius 1 is 0.392 bits per heavy atom. The average Bonchev–Trinajstić information content (AvgIpc) is 3.85. The molecule has 0 atom stereocenters. The van der Waals surface area contributed by atoms with Gasteiger partial charge in [-0.05, 0) is 48.5 Å². The third-order valence-electron chi connectivity index (χ3n) is 9.84. The third kappa shape index (κ3) is 4.43. The van der Waals surface area contributed by atoms with Gasteiger partial charge < -0.3 is 8.98 Å². The molecule has 0 bridgehead atoms. The number of rotatable bonds is 4. The summed E-state index contributed by atoms with van der Waals surface area (Å²) in [6, 6.07) is 55.0. The molecule has 6 heteroatoms. The van der Waals surface area contributed by atoms with Gasteiger partial charge in [0.05, 0.1) is 11.0 Å². The van der Waals surface area contributed by atoms with Crippen LogP contribution in [0.3, 0.4) is 0 Å². The summed E-state index contributed by atoms with van der Waals surface area (Å²) in [5.41, 5.74) is 8.03. The van der Waals surface area contributed by atoms with Gasteiger partial charge in [0, 0.05) is 64.1 Å². The Kier molecular flexibility index (Phi) is 6.05. The van der Waals surface area contributed by atoms with Gasteiger partial charge in [0.15, 0.2) is 17.5 Å². The van der Waals surface area contributed by atoms with Crippen molar-refractivity contribution in [3.63, 3.8) is 0 Å². The first-order chi connectivity index (χ1) is 25.2. The Balaban J connectivity index is 1.03. The van der Waals surface area contributed by atoms with Gasteiger partial charge >= 0.3 is 0 Å². The van der Waals surface area contributed by atoms with Crippen molar-refractivity contribution in [2.24, 2.45) is 0 Å². The second-order valence-electron chi connectivity index (χ2n) is 12.8. The van der Waals surface area contributed by atoms with Crippen LogP contribution in [0.2, 0.25) is 0 Å². The third-order valence-corrected chi connectivity index (χ3v) is 11.0. The lowest BCUT2D eigenvalue weighted by atomic mass is 10.1. The van der Waals surface area contributed by atoms with E-state index >= 15 is 0 Å². The minimum absolute atomic E-state index is 0.607. The zero-order valence-corrected chi connectivity index (χ0v) is 27.9. The quantitative estimate of drug-likeness (QED) is 0.187. The summed E-state index contributed by atoms with van der Waals surface area (Å²) in [6.45, 7) is 0. The summed E-state index contributed by atoms with van der Waals surface area (Å²) in [7, 11) is 0. The first-order valence-corrected chi connectivity index (χ1v) is 17.8. The van der Waals surface area contributed by atoms with Gasteiger partial charge in [0.1, 0.15) is 11.2 Å². The number of hydrogen-bond acceptors (Lipinski definition) is 5. The van der Waals surface area contributed by atoms with E-state index in [9.17, 15) is 0 Å². The van der Waals surface area contributed by atoms with E-state index in [-0.39, 0.29) is 0 Å². The first kappa shape index (κ1) is 28.2. The summed E-state index contributed by atoms with van der Waals surface area (Å²) in [6.07, 6.45) is 0. The Labute approximate surface area is 295 Å². The topological polar surface area (TPSA) is 56.7 Å². The van der Waals surface area contributed by atoms with Crippen LogP contribution < -0.4 is 0 Å². The van der Waals surface area contributed by atoms with Gasteiger partial charge in [-0.2, -0.15) is 0 Å². The summed E-state index contributed by atoms with van der Waals surface area (Å²) in [4.78, 5) is 14.7. The van der Waals surface area contributed by atoms with Crippen molar-refractivity contribution in [2.75, 3.05) is 0 Å². The van der Waals surface area contributed by atoms with E-state index in [0.29, 0.717) is 17.5 Å². The molecule has 238 valence electrons. The van der Waals surface area contributed by atoms with Crippen LogP contribution in [0, 0.1) is 0 Å². The van der Waals surface area contributed by atoms with Gasteiger partial charge in [-0.15, -0.1) is 11.3 Å². The molecule has 11 aromatic rings. The fourth-order valence-corrected chi connectivity index (χ4v) is 8.61. The van der Waals surface area contributed by atoms with Crippen molar-refractivity contribution < 1.29 is 4.42 Å². The van der Waals surface area contributed by atoms with Crippen molar-refractivity contribution in [2.45, 2.75) is 0 Å². The standard InChI is InChI=1S/C45H26N4OS/c1-3-11-27(12-4-1)43-46-44(28-13-5-2-6-14-28)48-45(47-43)29-19-21-33-35-26-42-36(25-40(35)50-39(33)23-29)34-22-20-30(24-41(34)51-42)49-37-17-9-7-15-31(37)32-16-8-10-18-38(32)49/h1-26H. The highest BCUT2D eigenvalue weighted by Crippen LogP contribution is 2.42. The molecule has 0 unspecified atom stereocenters. The highest BCUT2D eigenvalue weighted by Gasteiger charge is 2.17. The van der Waals surface area contributed by atoms with Crippen LogP contribution >= 0.6 is 11.3 Å². The molecule has 0 fully saturated rings. The Hall–Kier alpha value is -6.63. The van der Waals surface area contributed by atoms with Gasteiger partial charge in [-0.25, -0.2) is 15.0 Å². The van der Waals surface area contributed by atoms with Crippen LogP contribution in [0.25, 0.3) is 104 Å². The van der Waals surface area contributed by atoms with Gasteiger partial charge in [-0.1, -0.05) is 109 Å². The molecule has 0 aliphatic rings. The molecule has 0 aliphatic carbocycles. The fraction of sp³-hybridized carbons (Fsp3) is 0. The van der Waals surface area contributed by atoms with Crippen LogP contribution in [0.1, 0.15) is 0 Å². The maximum atomic E-state index is 6.58. The highest BCUT2D eigenvalue weighted by atomic mass is 32.1. The van der Waals surface area contributed by atoms with E-state index in [2.05, 4.69) is 102 Å². The Bertz CT molecular complexity index is 3030. The maximum Gasteiger partial charge on any atom is 0.164 e. The molecule has 0 N–H and O–H groups in total. The number of thiophene rings is 1.